The fraction of sp³-hybridized carbons (Fsp3) is 0.138. The summed E-state index contributed by atoms with van der Waals surface area (Å²) in [5, 5.41) is 11.3. The lowest BCUT2D eigenvalue weighted by Gasteiger charge is -2.27. The highest BCUT2D eigenvalue weighted by Crippen LogP contribution is 2.38. The first-order valence-corrected chi connectivity index (χ1v) is 12.5. The van der Waals surface area contributed by atoms with Crippen LogP contribution in [-0.4, -0.2) is 28.4 Å². The van der Waals surface area contributed by atoms with Crippen molar-refractivity contribution in [3.8, 4) is 11.5 Å². The number of fused-ring (bicyclic) bond motifs is 1. The molecule has 180 valence electrons. The molecule has 1 N–H and O–H groups in total. The Morgan fingerprint density at radius 3 is 2.56 bits per heavy atom. The van der Waals surface area contributed by atoms with Crippen molar-refractivity contribution in [2.45, 2.75) is 20.5 Å². The predicted octanol–water partition coefficient (Wildman–Crippen LogP) is 6.28. The molecule has 3 aromatic carbocycles. The molecule has 0 radical (unpaired) electrons. The number of hydrogen-bond acceptors (Lipinski definition) is 5. The van der Waals surface area contributed by atoms with Crippen molar-refractivity contribution in [1.82, 2.24) is 4.90 Å². The number of carbonyl (C=O) groups is 1. The second-order valence-electron chi connectivity index (χ2n) is 8.28. The van der Waals surface area contributed by atoms with Crippen LogP contribution in [0.4, 0.5) is 0 Å². The van der Waals surface area contributed by atoms with Gasteiger partial charge in [0.1, 0.15) is 12.4 Å². The molecular weight excluding hydrogens is 470 g/mol. The van der Waals surface area contributed by atoms with Crippen molar-refractivity contribution in [2.75, 3.05) is 6.61 Å². The van der Waals surface area contributed by atoms with E-state index in [-0.39, 0.29) is 11.4 Å². The van der Waals surface area contributed by atoms with Crippen LogP contribution in [0.2, 0.25) is 0 Å². The first kappa shape index (κ1) is 23.6. The number of rotatable bonds is 7. The molecule has 0 aliphatic carbocycles. The summed E-state index contributed by atoms with van der Waals surface area (Å²) in [6.45, 7) is 4.86. The van der Waals surface area contributed by atoms with Gasteiger partial charge in [0.2, 0.25) is 0 Å². The molecule has 5 rings (SSSR count). The van der Waals surface area contributed by atoms with Gasteiger partial charge < -0.3 is 9.47 Å². The van der Waals surface area contributed by atoms with Gasteiger partial charge in [0, 0.05) is 5.41 Å². The van der Waals surface area contributed by atoms with Gasteiger partial charge in [0.15, 0.2) is 16.7 Å². The summed E-state index contributed by atoms with van der Waals surface area (Å²) in [6.07, 6.45) is 1.68. The minimum atomic E-state index is -0.431. The minimum Gasteiger partial charge on any atom is -0.490 e. The molecule has 2 heterocycles. The molecule has 3 aromatic rings. The average Bonchev–Trinajstić information content (AvgIpc) is 3.31. The first-order chi connectivity index (χ1) is 17.5. The summed E-state index contributed by atoms with van der Waals surface area (Å²) in [7, 11) is 0. The standard InChI is InChI=1S/C29H25N3O3S/c1-3-34-26-16-20(13-14-25(26)35-17-22-12-8-7-9-19(22)2)15-23-27(30)32-24(21-10-5-4-6-11-21)18-36-29(32)31-28(23)33/h4-16,18,30H,3,17H2,1-2H3. The number of ether oxygens (including phenoxy) is 2. The van der Waals surface area contributed by atoms with Gasteiger partial charge in [0.25, 0.3) is 5.91 Å². The van der Waals surface area contributed by atoms with Crippen molar-refractivity contribution in [3.05, 3.63) is 106 Å². The molecule has 0 saturated heterocycles. The second kappa shape index (κ2) is 10.3. The van der Waals surface area contributed by atoms with E-state index in [1.165, 1.54) is 11.8 Å². The lowest BCUT2D eigenvalue weighted by Crippen LogP contribution is -2.38. The highest BCUT2D eigenvalue weighted by Gasteiger charge is 2.36. The summed E-state index contributed by atoms with van der Waals surface area (Å²) in [5.74, 6) is 0.876. The molecule has 6 nitrogen and oxygen atoms in total. The molecule has 0 aromatic heterocycles. The summed E-state index contributed by atoms with van der Waals surface area (Å²) < 4.78 is 11.9. The van der Waals surface area contributed by atoms with E-state index in [2.05, 4.69) is 18.0 Å². The summed E-state index contributed by atoms with van der Waals surface area (Å²) in [6, 6.07) is 23.4. The van der Waals surface area contributed by atoms with E-state index in [4.69, 9.17) is 14.9 Å². The molecule has 1 amide bonds. The monoisotopic (exact) mass is 495 g/mol. The SMILES string of the molecule is CCOc1cc(C=C2C(=N)N3C(c4ccccc4)=CSC3=NC2=O)ccc1OCc1ccccc1C. The minimum absolute atomic E-state index is 0.0999. The number of amides is 1. The van der Waals surface area contributed by atoms with Crippen LogP contribution in [0.1, 0.15) is 29.2 Å². The van der Waals surface area contributed by atoms with Crippen LogP contribution in [0.15, 0.2) is 88.8 Å². The van der Waals surface area contributed by atoms with Crippen LogP contribution in [0.25, 0.3) is 11.8 Å². The highest BCUT2D eigenvalue weighted by molar-refractivity contribution is 8.17. The Hall–Kier alpha value is -4.10. The number of nitrogens with one attached hydrogen (secondary N) is 1. The number of hydrogen-bond donors (Lipinski definition) is 1. The fourth-order valence-corrected chi connectivity index (χ4v) is 4.90. The van der Waals surface area contributed by atoms with Crippen LogP contribution in [0.3, 0.4) is 0 Å². The van der Waals surface area contributed by atoms with Crippen molar-refractivity contribution in [3.63, 3.8) is 0 Å². The van der Waals surface area contributed by atoms with E-state index in [0.29, 0.717) is 29.9 Å². The lowest BCUT2D eigenvalue weighted by molar-refractivity contribution is -0.114. The molecule has 0 fully saturated rings. The zero-order valence-electron chi connectivity index (χ0n) is 20.0. The van der Waals surface area contributed by atoms with Gasteiger partial charge in [-0.25, -0.2) is 0 Å². The Kier molecular flexibility index (Phi) is 6.73. The maximum Gasteiger partial charge on any atom is 0.283 e. The fourth-order valence-electron chi connectivity index (χ4n) is 4.01. The Balaban J connectivity index is 1.42. The Morgan fingerprint density at radius 2 is 1.78 bits per heavy atom. The topological polar surface area (TPSA) is 75.0 Å². The Labute approximate surface area is 214 Å². The Bertz CT molecular complexity index is 1430. The van der Waals surface area contributed by atoms with Crippen molar-refractivity contribution in [2.24, 2.45) is 4.99 Å². The maximum absolute atomic E-state index is 12.8. The van der Waals surface area contributed by atoms with E-state index in [0.717, 1.165) is 28.0 Å². The van der Waals surface area contributed by atoms with Crippen molar-refractivity contribution in [1.29, 1.82) is 5.41 Å². The highest BCUT2D eigenvalue weighted by atomic mass is 32.2. The summed E-state index contributed by atoms with van der Waals surface area (Å²) in [5.41, 5.74) is 5.01. The third kappa shape index (κ3) is 4.70. The van der Waals surface area contributed by atoms with Crippen molar-refractivity contribution >= 4 is 40.4 Å². The first-order valence-electron chi connectivity index (χ1n) is 11.7. The smallest absolute Gasteiger partial charge is 0.283 e. The summed E-state index contributed by atoms with van der Waals surface area (Å²) >= 11 is 1.35. The van der Waals surface area contributed by atoms with E-state index in [1.807, 2.05) is 79.1 Å². The molecular formula is C29H25N3O3S. The van der Waals surface area contributed by atoms with Gasteiger partial charge in [0.05, 0.1) is 17.9 Å². The third-order valence-corrected chi connectivity index (χ3v) is 6.73. The number of nitrogens with zero attached hydrogens (tertiary/aromatic N) is 2. The van der Waals surface area contributed by atoms with Gasteiger partial charge in [-0.15, -0.1) is 0 Å². The molecule has 36 heavy (non-hydrogen) atoms. The second-order valence-corrected chi connectivity index (χ2v) is 9.12. The number of aliphatic imine (C=N–C) groups is 1. The number of carbonyl (C=O) groups excluding carboxylic acids is 1. The van der Waals surface area contributed by atoms with Gasteiger partial charge >= 0.3 is 0 Å². The van der Waals surface area contributed by atoms with Crippen LogP contribution < -0.4 is 9.47 Å². The molecule has 0 atom stereocenters. The molecule has 0 unspecified atom stereocenters. The van der Waals surface area contributed by atoms with E-state index < -0.39 is 5.91 Å². The largest absolute Gasteiger partial charge is 0.490 e. The number of benzene rings is 3. The van der Waals surface area contributed by atoms with Crippen LogP contribution >= 0.6 is 11.8 Å². The zero-order valence-corrected chi connectivity index (χ0v) is 20.8. The van der Waals surface area contributed by atoms with Crippen LogP contribution in [0, 0.1) is 12.3 Å². The molecule has 0 spiro atoms. The number of aryl methyl sites for hydroxylation is 1. The van der Waals surface area contributed by atoms with Gasteiger partial charge in [-0.3, -0.25) is 15.1 Å². The van der Waals surface area contributed by atoms with E-state index in [9.17, 15) is 4.79 Å². The van der Waals surface area contributed by atoms with Crippen LogP contribution in [-0.2, 0) is 11.4 Å². The quantitative estimate of drug-likeness (QED) is 0.391. The zero-order chi connectivity index (χ0) is 25.1. The average molecular weight is 496 g/mol. The van der Waals surface area contributed by atoms with Gasteiger partial charge in [-0.05, 0) is 54.3 Å². The molecule has 2 aliphatic rings. The third-order valence-electron chi connectivity index (χ3n) is 5.91. The maximum atomic E-state index is 12.8. The molecule has 0 bridgehead atoms. The van der Waals surface area contributed by atoms with Crippen molar-refractivity contribution < 1.29 is 14.3 Å². The van der Waals surface area contributed by atoms with Gasteiger partial charge in [-0.2, -0.15) is 4.99 Å². The molecule has 7 heteroatoms. The van der Waals surface area contributed by atoms with E-state index >= 15 is 0 Å². The lowest BCUT2D eigenvalue weighted by atomic mass is 10.1. The number of thioether (sulfide) groups is 1. The van der Waals surface area contributed by atoms with E-state index in [1.54, 1.807) is 11.0 Å². The normalized spacial score (nSPS) is 16.1. The Morgan fingerprint density at radius 1 is 1.00 bits per heavy atom. The van der Waals surface area contributed by atoms with Gasteiger partial charge in [-0.1, -0.05) is 72.4 Å². The molecule has 2 aliphatic heterocycles. The predicted molar refractivity (Wildman–Crippen MR) is 145 cm³/mol. The molecule has 0 saturated carbocycles. The van der Waals surface area contributed by atoms with Crippen LogP contribution in [0.5, 0.6) is 11.5 Å². The number of amidine groups is 2. The summed E-state index contributed by atoms with van der Waals surface area (Å²) in [4.78, 5) is 18.8.